The molecule has 0 spiro atoms. The Kier molecular flexibility index (Phi) is 5.49. The van der Waals surface area contributed by atoms with E-state index in [0.717, 1.165) is 36.3 Å². The summed E-state index contributed by atoms with van der Waals surface area (Å²) in [5.74, 6) is 0. The Balaban J connectivity index is 2.13. The summed E-state index contributed by atoms with van der Waals surface area (Å²) in [6.45, 7) is 4.35. The normalized spacial score (nSPS) is 10.5. The van der Waals surface area contributed by atoms with Crippen molar-refractivity contribution >= 4 is 18.4 Å². The van der Waals surface area contributed by atoms with Crippen molar-refractivity contribution in [2.45, 2.75) is 39.5 Å². The second-order valence-corrected chi connectivity index (χ2v) is 6.75. The molecule has 0 aliphatic rings. The van der Waals surface area contributed by atoms with E-state index in [0.29, 0.717) is 0 Å². The fourth-order valence-corrected chi connectivity index (χ4v) is 3.46. The molecule has 0 amide bonds. The van der Waals surface area contributed by atoms with Crippen LogP contribution in [0.4, 0.5) is 0 Å². The molecule has 0 aliphatic carbocycles. The quantitative estimate of drug-likeness (QED) is 0.720. The fraction of sp³-hybridized carbons (Fsp3) is 0.333. The summed E-state index contributed by atoms with van der Waals surface area (Å²) >= 11 is 0. The SMILES string of the molecule is CCCc1ccc([P+](=O)c2ccc(CCC)cc2)cc1. The van der Waals surface area contributed by atoms with Crippen LogP contribution in [-0.4, -0.2) is 0 Å². The molecule has 0 fully saturated rings. The molecule has 0 unspecified atom stereocenters. The lowest BCUT2D eigenvalue weighted by molar-refractivity contribution is 0.598. The van der Waals surface area contributed by atoms with Gasteiger partial charge in [-0.25, -0.2) is 0 Å². The van der Waals surface area contributed by atoms with Crippen LogP contribution in [0.3, 0.4) is 0 Å². The predicted octanol–water partition coefficient (Wildman–Crippen LogP) is 4.37. The van der Waals surface area contributed by atoms with Crippen LogP contribution in [0.2, 0.25) is 0 Å². The first-order chi connectivity index (χ1) is 9.74. The molecule has 104 valence electrons. The van der Waals surface area contributed by atoms with E-state index >= 15 is 0 Å². The summed E-state index contributed by atoms with van der Waals surface area (Å²) in [5.41, 5.74) is 2.64. The van der Waals surface area contributed by atoms with Crippen LogP contribution in [0, 0.1) is 0 Å². The lowest BCUT2D eigenvalue weighted by Crippen LogP contribution is -2.06. The van der Waals surface area contributed by atoms with E-state index in [2.05, 4.69) is 38.1 Å². The van der Waals surface area contributed by atoms with Crippen molar-refractivity contribution in [3.8, 4) is 0 Å². The third-order valence-electron chi connectivity index (χ3n) is 3.42. The molecule has 2 aromatic carbocycles. The Labute approximate surface area is 122 Å². The zero-order chi connectivity index (χ0) is 14.4. The number of benzene rings is 2. The average Bonchev–Trinajstić information content (AvgIpc) is 2.49. The summed E-state index contributed by atoms with van der Waals surface area (Å²) in [7, 11) is -1.46. The topological polar surface area (TPSA) is 17.1 Å². The molecular weight excluding hydrogens is 263 g/mol. The minimum atomic E-state index is -1.46. The molecule has 0 N–H and O–H groups in total. The smallest absolute Gasteiger partial charge is 0.0651 e. The first-order valence-electron chi connectivity index (χ1n) is 7.39. The average molecular weight is 285 g/mol. The van der Waals surface area contributed by atoms with E-state index < -0.39 is 7.80 Å². The zero-order valence-electron chi connectivity index (χ0n) is 12.3. The fourth-order valence-electron chi connectivity index (χ4n) is 2.32. The highest BCUT2D eigenvalue weighted by Crippen LogP contribution is 2.20. The van der Waals surface area contributed by atoms with E-state index in [4.69, 9.17) is 0 Å². The summed E-state index contributed by atoms with van der Waals surface area (Å²) in [6, 6.07) is 16.4. The maximum Gasteiger partial charge on any atom is 0.415 e. The lowest BCUT2D eigenvalue weighted by Gasteiger charge is -1.98. The molecule has 0 aromatic heterocycles. The molecule has 2 rings (SSSR count). The van der Waals surface area contributed by atoms with Gasteiger partial charge >= 0.3 is 7.80 Å². The van der Waals surface area contributed by atoms with Crippen molar-refractivity contribution in [2.75, 3.05) is 0 Å². The molecule has 0 atom stereocenters. The molecule has 0 aliphatic heterocycles. The first-order valence-corrected chi connectivity index (χ1v) is 8.65. The van der Waals surface area contributed by atoms with Crippen LogP contribution in [0.15, 0.2) is 48.5 Å². The van der Waals surface area contributed by atoms with E-state index in [-0.39, 0.29) is 0 Å². The van der Waals surface area contributed by atoms with E-state index in [9.17, 15) is 4.57 Å². The molecular formula is C18H22OP+. The van der Waals surface area contributed by atoms with Crippen molar-refractivity contribution in [3.63, 3.8) is 0 Å². The van der Waals surface area contributed by atoms with Gasteiger partial charge in [0.05, 0.1) is 0 Å². The highest BCUT2D eigenvalue weighted by atomic mass is 31.1. The van der Waals surface area contributed by atoms with E-state index in [1.165, 1.54) is 11.1 Å². The van der Waals surface area contributed by atoms with Crippen LogP contribution in [0.25, 0.3) is 0 Å². The third kappa shape index (κ3) is 3.77. The largest absolute Gasteiger partial charge is 0.415 e. The number of aryl methyl sites for hydroxylation is 2. The number of hydrogen-bond donors (Lipinski definition) is 0. The van der Waals surface area contributed by atoms with Gasteiger partial charge in [-0.05, 0) is 48.2 Å². The molecule has 0 radical (unpaired) electrons. The van der Waals surface area contributed by atoms with E-state index in [1.54, 1.807) is 0 Å². The predicted molar refractivity (Wildman–Crippen MR) is 87.7 cm³/mol. The molecule has 2 heteroatoms. The molecule has 1 nitrogen and oxygen atoms in total. The molecule has 2 aromatic rings. The summed E-state index contributed by atoms with van der Waals surface area (Å²) in [4.78, 5) is 0. The molecule has 0 saturated carbocycles. The highest BCUT2D eigenvalue weighted by Gasteiger charge is 2.22. The minimum Gasteiger partial charge on any atom is -0.0651 e. The number of rotatable bonds is 6. The van der Waals surface area contributed by atoms with Gasteiger partial charge in [0.15, 0.2) is 10.6 Å². The second-order valence-electron chi connectivity index (χ2n) is 5.13. The summed E-state index contributed by atoms with van der Waals surface area (Å²) in [6.07, 6.45) is 4.46. The molecule has 0 saturated heterocycles. The summed E-state index contributed by atoms with van der Waals surface area (Å²) < 4.78 is 12.5. The molecule has 0 heterocycles. The van der Waals surface area contributed by atoms with Crippen molar-refractivity contribution in [2.24, 2.45) is 0 Å². The minimum absolute atomic E-state index is 0.920. The van der Waals surface area contributed by atoms with Crippen LogP contribution in [0.1, 0.15) is 37.8 Å². The Bertz CT molecular complexity index is 503. The maximum atomic E-state index is 12.5. The maximum absolute atomic E-state index is 12.5. The Morgan fingerprint density at radius 3 is 1.35 bits per heavy atom. The van der Waals surface area contributed by atoms with Gasteiger partial charge in [-0.3, -0.25) is 0 Å². The Morgan fingerprint density at radius 2 is 1.05 bits per heavy atom. The van der Waals surface area contributed by atoms with Gasteiger partial charge in [0, 0.05) is 0 Å². The van der Waals surface area contributed by atoms with Gasteiger partial charge in [0.1, 0.15) is 0 Å². The zero-order valence-corrected chi connectivity index (χ0v) is 13.2. The van der Waals surface area contributed by atoms with Crippen molar-refractivity contribution in [1.82, 2.24) is 0 Å². The van der Waals surface area contributed by atoms with Crippen molar-refractivity contribution in [3.05, 3.63) is 59.7 Å². The lowest BCUT2D eigenvalue weighted by atomic mass is 10.1. The van der Waals surface area contributed by atoms with Gasteiger partial charge in [-0.2, -0.15) is 0 Å². The van der Waals surface area contributed by atoms with Gasteiger partial charge < -0.3 is 0 Å². The van der Waals surface area contributed by atoms with Crippen LogP contribution in [-0.2, 0) is 17.4 Å². The first kappa shape index (κ1) is 14.9. The Morgan fingerprint density at radius 1 is 0.700 bits per heavy atom. The van der Waals surface area contributed by atoms with Gasteiger partial charge in [0.25, 0.3) is 0 Å². The van der Waals surface area contributed by atoms with Crippen LogP contribution >= 0.6 is 7.80 Å². The molecule has 0 bridgehead atoms. The van der Waals surface area contributed by atoms with Gasteiger partial charge in [-0.1, -0.05) is 55.5 Å². The van der Waals surface area contributed by atoms with Crippen molar-refractivity contribution < 1.29 is 4.57 Å². The third-order valence-corrected chi connectivity index (χ3v) is 4.95. The Hall–Kier alpha value is -1.46. The van der Waals surface area contributed by atoms with Crippen LogP contribution in [0.5, 0.6) is 0 Å². The van der Waals surface area contributed by atoms with Crippen LogP contribution < -0.4 is 10.6 Å². The standard InChI is InChI=1S/C18H22OP/c1-3-5-15-7-11-17(12-8-15)20(19)18-13-9-16(6-4-2)10-14-18/h7-14H,3-6H2,1-2H3/q+1. The van der Waals surface area contributed by atoms with Crippen molar-refractivity contribution in [1.29, 1.82) is 0 Å². The van der Waals surface area contributed by atoms with E-state index in [1.807, 2.05) is 24.3 Å². The number of hydrogen-bond acceptors (Lipinski definition) is 1. The molecule has 20 heavy (non-hydrogen) atoms. The highest BCUT2D eigenvalue weighted by molar-refractivity contribution is 7.61. The monoisotopic (exact) mass is 285 g/mol. The van der Waals surface area contributed by atoms with Gasteiger partial charge in [0.2, 0.25) is 0 Å². The van der Waals surface area contributed by atoms with Gasteiger partial charge in [-0.15, -0.1) is 0 Å². The second kappa shape index (κ2) is 7.36. The summed E-state index contributed by atoms with van der Waals surface area (Å²) in [5, 5.41) is 1.84.